The van der Waals surface area contributed by atoms with Crippen molar-refractivity contribution in [1.82, 2.24) is 9.21 Å². The molecule has 5 nitrogen and oxygen atoms in total. The van der Waals surface area contributed by atoms with Crippen LogP contribution in [0.25, 0.3) is 0 Å². The van der Waals surface area contributed by atoms with Crippen LogP contribution in [0.15, 0.2) is 24.3 Å². The van der Waals surface area contributed by atoms with Gasteiger partial charge in [0.15, 0.2) is 0 Å². The van der Waals surface area contributed by atoms with Gasteiger partial charge in [-0.2, -0.15) is 0 Å². The van der Waals surface area contributed by atoms with Crippen molar-refractivity contribution in [2.45, 2.75) is 38.4 Å². The molecule has 1 unspecified atom stereocenters. The second kappa shape index (κ2) is 8.28. The minimum Gasteiger partial charge on any atom is -0.342 e. The molecule has 1 aromatic rings. The zero-order valence-electron chi connectivity index (χ0n) is 15.2. The molecule has 7 heteroatoms. The molecule has 2 saturated heterocycles. The van der Waals surface area contributed by atoms with Crippen LogP contribution in [0.3, 0.4) is 0 Å². The van der Waals surface area contributed by atoms with Crippen LogP contribution in [0, 0.1) is 11.8 Å². The van der Waals surface area contributed by atoms with Crippen LogP contribution in [0.4, 0.5) is 0 Å². The third-order valence-corrected chi connectivity index (χ3v) is 7.49. The maximum Gasteiger partial charge on any atom is 0.225 e. The van der Waals surface area contributed by atoms with Crippen LogP contribution >= 0.6 is 11.6 Å². The largest absolute Gasteiger partial charge is 0.342 e. The van der Waals surface area contributed by atoms with E-state index in [9.17, 15) is 13.2 Å². The molecule has 2 aliphatic heterocycles. The summed E-state index contributed by atoms with van der Waals surface area (Å²) in [5.41, 5.74) is 0.693. The van der Waals surface area contributed by atoms with Gasteiger partial charge in [0.1, 0.15) is 0 Å². The molecule has 3 rings (SSSR count). The molecule has 0 spiro atoms. The maximum absolute atomic E-state index is 12.7. The average Bonchev–Trinajstić information content (AvgIpc) is 2.61. The predicted molar refractivity (Wildman–Crippen MR) is 103 cm³/mol. The summed E-state index contributed by atoms with van der Waals surface area (Å²) in [6, 6.07) is 6.96. The Balaban J connectivity index is 1.56. The lowest BCUT2D eigenvalue weighted by molar-refractivity contribution is -0.138. The summed E-state index contributed by atoms with van der Waals surface area (Å²) in [5.74, 6) is 0.683. The van der Waals surface area contributed by atoms with E-state index in [-0.39, 0.29) is 17.6 Å². The highest BCUT2D eigenvalue weighted by Gasteiger charge is 2.34. The maximum atomic E-state index is 12.7. The van der Waals surface area contributed by atoms with Gasteiger partial charge >= 0.3 is 0 Å². The lowest BCUT2D eigenvalue weighted by Crippen LogP contribution is -2.47. The summed E-state index contributed by atoms with van der Waals surface area (Å²) in [7, 11) is -3.39. The number of amides is 1. The molecule has 0 bridgehead atoms. The van der Waals surface area contributed by atoms with Crippen molar-refractivity contribution in [2.24, 2.45) is 11.8 Å². The Labute approximate surface area is 161 Å². The van der Waals surface area contributed by atoms with Gasteiger partial charge in [0, 0.05) is 37.1 Å². The van der Waals surface area contributed by atoms with Gasteiger partial charge in [-0.3, -0.25) is 4.79 Å². The molecule has 1 atom stereocenters. The number of rotatable bonds is 4. The molecule has 1 aromatic carbocycles. The summed E-state index contributed by atoms with van der Waals surface area (Å²) in [4.78, 5) is 14.7. The Morgan fingerprint density at radius 1 is 1.19 bits per heavy atom. The number of piperidine rings is 2. The van der Waals surface area contributed by atoms with Crippen molar-refractivity contribution in [3.05, 3.63) is 34.9 Å². The van der Waals surface area contributed by atoms with Crippen LogP contribution in [-0.2, 0) is 20.6 Å². The van der Waals surface area contributed by atoms with E-state index in [4.69, 9.17) is 11.6 Å². The molecule has 0 saturated carbocycles. The Morgan fingerprint density at radius 3 is 2.58 bits per heavy atom. The van der Waals surface area contributed by atoms with Gasteiger partial charge in [0.2, 0.25) is 15.9 Å². The van der Waals surface area contributed by atoms with E-state index < -0.39 is 10.0 Å². The first-order chi connectivity index (χ1) is 12.3. The first-order valence-electron chi connectivity index (χ1n) is 9.36. The number of nitrogens with zero attached hydrogens (tertiary/aromatic N) is 2. The fourth-order valence-electron chi connectivity index (χ4n) is 3.96. The van der Waals surface area contributed by atoms with Gasteiger partial charge in [0.25, 0.3) is 0 Å². The highest BCUT2D eigenvalue weighted by Crippen LogP contribution is 2.26. The van der Waals surface area contributed by atoms with Crippen molar-refractivity contribution in [1.29, 1.82) is 0 Å². The minimum atomic E-state index is -3.39. The van der Waals surface area contributed by atoms with Crippen molar-refractivity contribution >= 4 is 27.5 Å². The summed E-state index contributed by atoms with van der Waals surface area (Å²) < 4.78 is 26.9. The van der Waals surface area contributed by atoms with Crippen LogP contribution < -0.4 is 0 Å². The van der Waals surface area contributed by atoms with Gasteiger partial charge in [-0.25, -0.2) is 12.7 Å². The monoisotopic (exact) mass is 398 g/mol. The number of halogens is 1. The van der Waals surface area contributed by atoms with Crippen molar-refractivity contribution in [3.8, 4) is 0 Å². The smallest absolute Gasteiger partial charge is 0.225 e. The Kier molecular flexibility index (Phi) is 6.25. The van der Waals surface area contributed by atoms with E-state index >= 15 is 0 Å². The van der Waals surface area contributed by atoms with Crippen LogP contribution in [0.5, 0.6) is 0 Å². The number of hydrogen-bond acceptors (Lipinski definition) is 3. The summed E-state index contributed by atoms with van der Waals surface area (Å²) in [6.07, 6.45) is 3.47. The highest BCUT2D eigenvalue weighted by molar-refractivity contribution is 7.88. The molecule has 144 valence electrons. The van der Waals surface area contributed by atoms with Gasteiger partial charge in [0.05, 0.1) is 5.75 Å². The molecule has 26 heavy (non-hydrogen) atoms. The average molecular weight is 399 g/mol. The summed E-state index contributed by atoms with van der Waals surface area (Å²) in [5, 5.41) is 0.540. The minimum absolute atomic E-state index is 0.0436. The third kappa shape index (κ3) is 4.78. The fraction of sp³-hybridized carbons (Fsp3) is 0.632. The molecular weight excluding hydrogens is 372 g/mol. The van der Waals surface area contributed by atoms with E-state index in [0.717, 1.165) is 19.5 Å². The Morgan fingerprint density at radius 2 is 1.92 bits per heavy atom. The lowest BCUT2D eigenvalue weighted by atomic mass is 9.93. The van der Waals surface area contributed by atoms with Crippen molar-refractivity contribution in [2.75, 3.05) is 26.2 Å². The number of carbonyl (C=O) groups excluding carboxylic acids is 1. The van der Waals surface area contributed by atoms with Crippen molar-refractivity contribution in [3.63, 3.8) is 0 Å². The van der Waals surface area contributed by atoms with E-state index in [1.807, 2.05) is 4.90 Å². The highest BCUT2D eigenvalue weighted by atomic mass is 35.5. The Bertz CT molecular complexity index is 745. The quantitative estimate of drug-likeness (QED) is 0.782. The van der Waals surface area contributed by atoms with E-state index in [1.165, 1.54) is 10.7 Å². The molecule has 0 aliphatic carbocycles. The topological polar surface area (TPSA) is 57.7 Å². The zero-order chi connectivity index (χ0) is 18.7. The van der Waals surface area contributed by atoms with Gasteiger partial charge in [-0.1, -0.05) is 30.7 Å². The van der Waals surface area contributed by atoms with Crippen LogP contribution in [0.2, 0.25) is 5.02 Å². The number of sulfonamides is 1. The Hall–Kier alpha value is -1.11. The number of hydrogen-bond donors (Lipinski definition) is 0. The molecule has 0 radical (unpaired) electrons. The predicted octanol–water partition coefficient (Wildman–Crippen LogP) is 3.14. The molecule has 1 amide bonds. The first-order valence-corrected chi connectivity index (χ1v) is 11.3. The first kappa shape index (κ1) is 19.6. The number of benzene rings is 1. The lowest BCUT2D eigenvalue weighted by Gasteiger charge is -2.36. The van der Waals surface area contributed by atoms with Crippen molar-refractivity contribution < 1.29 is 13.2 Å². The standard InChI is InChI=1S/C19H27ClN2O3S/c1-15-4-3-9-21(13-15)19(23)17-7-10-22(11-8-17)26(24,25)14-16-5-2-6-18(20)12-16/h2,5-6,12,15,17H,3-4,7-11,13-14H2,1H3. The molecule has 2 fully saturated rings. The molecular formula is C19H27ClN2O3S. The van der Waals surface area contributed by atoms with Crippen LogP contribution in [-0.4, -0.2) is 49.7 Å². The molecule has 2 heterocycles. The summed E-state index contributed by atoms with van der Waals surface area (Å²) in [6.45, 7) is 4.71. The third-order valence-electron chi connectivity index (χ3n) is 5.40. The SMILES string of the molecule is CC1CCCN(C(=O)C2CCN(S(=O)(=O)Cc3cccc(Cl)c3)CC2)C1. The second-order valence-electron chi connectivity index (χ2n) is 7.59. The number of carbonyl (C=O) groups is 1. The normalized spacial score (nSPS) is 23.2. The van der Waals surface area contributed by atoms with Gasteiger partial charge in [-0.05, 0) is 49.3 Å². The van der Waals surface area contributed by atoms with E-state index in [1.54, 1.807) is 24.3 Å². The van der Waals surface area contributed by atoms with E-state index in [2.05, 4.69) is 6.92 Å². The van der Waals surface area contributed by atoms with E-state index in [0.29, 0.717) is 42.4 Å². The molecule has 2 aliphatic rings. The molecule has 0 N–H and O–H groups in total. The molecule has 0 aromatic heterocycles. The fourth-order valence-corrected chi connectivity index (χ4v) is 5.72. The van der Waals surface area contributed by atoms with Gasteiger partial charge in [-0.15, -0.1) is 0 Å². The van der Waals surface area contributed by atoms with Crippen LogP contribution in [0.1, 0.15) is 38.2 Å². The number of likely N-dealkylation sites (tertiary alicyclic amines) is 1. The second-order valence-corrected chi connectivity index (χ2v) is 10.00. The zero-order valence-corrected chi connectivity index (χ0v) is 16.8. The van der Waals surface area contributed by atoms with Gasteiger partial charge < -0.3 is 4.90 Å². The summed E-state index contributed by atoms with van der Waals surface area (Å²) >= 11 is 5.95.